The fourth-order valence-corrected chi connectivity index (χ4v) is 7.27. The van der Waals surface area contributed by atoms with Crippen LogP contribution in [0.15, 0.2) is 23.5 Å². The van der Waals surface area contributed by atoms with Gasteiger partial charge in [-0.05, 0) is 85.5 Å². The molecule has 3 fully saturated rings. The fourth-order valence-electron chi connectivity index (χ4n) is 7.27. The standard InChI is InChI=1S/C21H31NO2/c1-20-10-9-17-15(16(20)7-8-18(20)19(22)24)6-5-14-4-3-13(12-23)11-21(14,17)2/h4,12,15-18,23H,3,5-11H2,1-2H3,(H2,22,24)/t15-,16-,17-,18+,20-,21-/m0/s1. The van der Waals surface area contributed by atoms with Crippen LogP contribution in [0.3, 0.4) is 0 Å². The molecular formula is C21H31NO2. The van der Waals surface area contributed by atoms with Crippen LogP contribution in [0.4, 0.5) is 0 Å². The Morgan fingerprint density at radius 3 is 2.75 bits per heavy atom. The quantitative estimate of drug-likeness (QED) is 0.550. The molecule has 0 aliphatic heterocycles. The molecule has 4 aliphatic carbocycles. The SMILES string of the molecule is C[C@]12CC[C@H]3[C@@H](CCC4=CCC(=CO)C[C@@]43C)[C@@H]1CC[C@@H]2C(N)=O. The number of hydrogen-bond donors (Lipinski definition) is 2. The molecule has 0 bridgehead atoms. The van der Waals surface area contributed by atoms with Crippen LogP contribution in [0.2, 0.25) is 0 Å². The first-order valence-electron chi connectivity index (χ1n) is 9.71. The lowest BCUT2D eigenvalue weighted by molar-refractivity contribution is -0.128. The third kappa shape index (κ3) is 2.06. The van der Waals surface area contributed by atoms with Crippen LogP contribution in [0.25, 0.3) is 0 Å². The third-order valence-corrected chi connectivity index (χ3v) is 8.47. The minimum absolute atomic E-state index is 0.0763. The van der Waals surface area contributed by atoms with Crippen molar-refractivity contribution < 1.29 is 9.90 Å². The maximum atomic E-state index is 12.0. The Kier molecular flexibility index (Phi) is 3.63. The molecule has 3 heteroatoms. The summed E-state index contributed by atoms with van der Waals surface area (Å²) in [5, 5.41) is 9.54. The van der Waals surface area contributed by atoms with Gasteiger partial charge in [-0.1, -0.05) is 25.5 Å². The molecule has 0 aromatic rings. The highest BCUT2D eigenvalue weighted by Crippen LogP contribution is 2.66. The highest BCUT2D eigenvalue weighted by atomic mass is 16.2. The summed E-state index contributed by atoms with van der Waals surface area (Å²) in [6.45, 7) is 4.77. The van der Waals surface area contributed by atoms with Crippen molar-refractivity contribution in [3.63, 3.8) is 0 Å². The summed E-state index contributed by atoms with van der Waals surface area (Å²) in [4.78, 5) is 12.0. The molecule has 3 N–H and O–H groups in total. The van der Waals surface area contributed by atoms with E-state index in [0.29, 0.717) is 17.8 Å². The number of fused-ring (bicyclic) bond motifs is 5. The van der Waals surface area contributed by atoms with Gasteiger partial charge in [-0.15, -0.1) is 0 Å². The normalized spacial score (nSPS) is 49.1. The Balaban J connectivity index is 1.67. The summed E-state index contributed by atoms with van der Waals surface area (Å²) in [5.41, 5.74) is 8.88. The van der Waals surface area contributed by atoms with Crippen molar-refractivity contribution in [1.82, 2.24) is 0 Å². The number of rotatable bonds is 1. The van der Waals surface area contributed by atoms with E-state index in [1.54, 1.807) is 5.57 Å². The van der Waals surface area contributed by atoms with Crippen LogP contribution in [0.5, 0.6) is 0 Å². The van der Waals surface area contributed by atoms with Gasteiger partial charge in [-0.2, -0.15) is 0 Å². The molecule has 4 rings (SSSR count). The number of allylic oxidation sites excluding steroid dienone is 3. The molecule has 0 saturated heterocycles. The van der Waals surface area contributed by atoms with Crippen molar-refractivity contribution in [2.45, 2.75) is 65.2 Å². The number of aliphatic hydroxyl groups is 1. The molecule has 132 valence electrons. The number of carbonyl (C=O) groups is 1. The van der Waals surface area contributed by atoms with Gasteiger partial charge in [0.15, 0.2) is 0 Å². The number of aliphatic hydroxyl groups excluding tert-OH is 1. The molecule has 1 amide bonds. The molecule has 24 heavy (non-hydrogen) atoms. The maximum absolute atomic E-state index is 12.0. The Bertz CT molecular complexity index is 621. The molecule has 3 nitrogen and oxygen atoms in total. The Morgan fingerprint density at radius 1 is 1.25 bits per heavy atom. The molecule has 4 aliphatic rings. The summed E-state index contributed by atoms with van der Waals surface area (Å²) in [5.74, 6) is 2.05. The molecule has 0 heterocycles. The van der Waals surface area contributed by atoms with E-state index in [-0.39, 0.29) is 22.7 Å². The highest BCUT2D eigenvalue weighted by Gasteiger charge is 2.59. The second-order valence-corrected chi connectivity index (χ2v) is 9.31. The van der Waals surface area contributed by atoms with Crippen molar-refractivity contribution in [1.29, 1.82) is 0 Å². The molecule has 3 saturated carbocycles. The molecular weight excluding hydrogens is 298 g/mol. The smallest absolute Gasteiger partial charge is 0.221 e. The topological polar surface area (TPSA) is 63.3 Å². The van der Waals surface area contributed by atoms with Crippen molar-refractivity contribution in [2.75, 3.05) is 0 Å². The van der Waals surface area contributed by atoms with E-state index in [0.717, 1.165) is 25.7 Å². The Labute approximate surface area is 145 Å². The van der Waals surface area contributed by atoms with Crippen LogP contribution >= 0.6 is 0 Å². The second-order valence-electron chi connectivity index (χ2n) is 9.31. The van der Waals surface area contributed by atoms with Crippen LogP contribution < -0.4 is 5.73 Å². The zero-order valence-electron chi connectivity index (χ0n) is 15.1. The molecule has 0 unspecified atom stereocenters. The van der Waals surface area contributed by atoms with Gasteiger partial charge in [0.1, 0.15) is 0 Å². The minimum atomic E-state index is -0.0794. The van der Waals surface area contributed by atoms with Crippen molar-refractivity contribution in [3.05, 3.63) is 23.5 Å². The van der Waals surface area contributed by atoms with Gasteiger partial charge in [0.25, 0.3) is 0 Å². The third-order valence-electron chi connectivity index (χ3n) is 8.47. The first-order chi connectivity index (χ1) is 11.4. The zero-order valence-corrected chi connectivity index (χ0v) is 15.1. The minimum Gasteiger partial charge on any atom is -0.516 e. The number of nitrogens with two attached hydrogens (primary N) is 1. The van der Waals surface area contributed by atoms with Gasteiger partial charge in [0.2, 0.25) is 5.91 Å². The fraction of sp³-hybridized carbons (Fsp3) is 0.762. The second kappa shape index (κ2) is 5.37. The van der Waals surface area contributed by atoms with E-state index in [9.17, 15) is 9.90 Å². The van der Waals surface area contributed by atoms with Crippen molar-refractivity contribution in [3.8, 4) is 0 Å². The predicted molar refractivity (Wildman–Crippen MR) is 95.1 cm³/mol. The monoisotopic (exact) mass is 329 g/mol. The summed E-state index contributed by atoms with van der Waals surface area (Å²) in [7, 11) is 0. The van der Waals surface area contributed by atoms with E-state index in [1.165, 1.54) is 37.5 Å². The first-order valence-corrected chi connectivity index (χ1v) is 9.71. The van der Waals surface area contributed by atoms with Crippen molar-refractivity contribution in [2.24, 2.45) is 40.2 Å². The molecule has 0 spiro atoms. The molecule has 0 aromatic heterocycles. The zero-order chi connectivity index (χ0) is 17.1. The first kappa shape index (κ1) is 16.2. The van der Waals surface area contributed by atoms with Gasteiger partial charge in [0, 0.05) is 5.92 Å². The molecule has 0 aromatic carbocycles. The Hall–Kier alpha value is -1.25. The van der Waals surface area contributed by atoms with Crippen LogP contribution in [-0.4, -0.2) is 11.0 Å². The number of carbonyl (C=O) groups excluding carboxylic acids is 1. The van der Waals surface area contributed by atoms with Gasteiger partial charge < -0.3 is 10.8 Å². The summed E-state index contributed by atoms with van der Waals surface area (Å²) in [6, 6.07) is 0. The number of amides is 1. The van der Waals surface area contributed by atoms with Crippen LogP contribution in [-0.2, 0) is 4.79 Å². The van der Waals surface area contributed by atoms with Gasteiger partial charge in [0.05, 0.1) is 6.26 Å². The Morgan fingerprint density at radius 2 is 2.04 bits per heavy atom. The van der Waals surface area contributed by atoms with E-state index >= 15 is 0 Å². The van der Waals surface area contributed by atoms with Crippen LogP contribution in [0.1, 0.15) is 65.2 Å². The average molecular weight is 329 g/mol. The lowest BCUT2D eigenvalue weighted by atomic mass is 9.46. The average Bonchev–Trinajstić information content (AvgIpc) is 2.91. The van der Waals surface area contributed by atoms with Crippen molar-refractivity contribution >= 4 is 5.91 Å². The van der Waals surface area contributed by atoms with Crippen LogP contribution in [0, 0.1) is 34.5 Å². The molecule has 0 radical (unpaired) electrons. The van der Waals surface area contributed by atoms with E-state index in [1.807, 2.05) is 0 Å². The van der Waals surface area contributed by atoms with Gasteiger partial charge in [-0.3, -0.25) is 4.79 Å². The highest BCUT2D eigenvalue weighted by molar-refractivity contribution is 5.78. The van der Waals surface area contributed by atoms with Gasteiger partial charge >= 0.3 is 0 Å². The van der Waals surface area contributed by atoms with Gasteiger partial charge in [-0.25, -0.2) is 0 Å². The summed E-state index contributed by atoms with van der Waals surface area (Å²) >= 11 is 0. The lowest BCUT2D eigenvalue weighted by Gasteiger charge is -2.58. The number of primary amides is 1. The van der Waals surface area contributed by atoms with E-state index in [4.69, 9.17) is 5.73 Å². The lowest BCUT2D eigenvalue weighted by Crippen LogP contribution is -2.51. The van der Waals surface area contributed by atoms with E-state index < -0.39 is 0 Å². The van der Waals surface area contributed by atoms with E-state index in [2.05, 4.69) is 19.9 Å². The largest absolute Gasteiger partial charge is 0.516 e. The predicted octanol–water partition coefficient (Wildman–Crippen LogP) is 4.49. The summed E-state index contributed by atoms with van der Waals surface area (Å²) in [6.07, 6.45) is 12.6. The summed E-state index contributed by atoms with van der Waals surface area (Å²) < 4.78 is 0. The number of hydrogen-bond acceptors (Lipinski definition) is 2. The molecule has 6 atom stereocenters. The maximum Gasteiger partial charge on any atom is 0.221 e.